The van der Waals surface area contributed by atoms with E-state index in [9.17, 15) is 14.3 Å². The predicted octanol–water partition coefficient (Wildman–Crippen LogP) is 4.15. The number of pyridine rings is 1. The molecule has 0 saturated heterocycles. The van der Waals surface area contributed by atoms with Gasteiger partial charge in [-0.25, -0.2) is 4.39 Å². The maximum atomic E-state index is 14.1. The second-order valence-electron chi connectivity index (χ2n) is 5.73. The third-order valence-corrected chi connectivity index (χ3v) is 4.24. The summed E-state index contributed by atoms with van der Waals surface area (Å²) >= 11 is 5.80. The van der Waals surface area contributed by atoms with Gasteiger partial charge in [-0.15, -0.1) is 10.2 Å². The molecule has 0 saturated carbocycles. The van der Waals surface area contributed by atoms with Gasteiger partial charge >= 0.3 is 0 Å². The number of carbonyl (C=O) groups is 1. The fourth-order valence-electron chi connectivity index (χ4n) is 2.72. The molecule has 0 unspecified atom stereocenters. The highest BCUT2D eigenvalue weighted by Gasteiger charge is 2.18. The lowest BCUT2D eigenvalue weighted by Crippen LogP contribution is -2.13. The maximum absolute atomic E-state index is 14.1. The van der Waals surface area contributed by atoms with Crippen molar-refractivity contribution in [2.24, 2.45) is 0 Å². The summed E-state index contributed by atoms with van der Waals surface area (Å²) in [4.78, 5) is 12.7. The lowest BCUT2D eigenvalue weighted by atomic mass is 10.2. The van der Waals surface area contributed by atoms with Gasteiger partial charge in [-0.05, 0) is 36.4 Å². The molecule has 0 atom stereocenters. The molecule has 0 aliphatic heterocycles. The van der Waals surface area contributed by atoms with Crippen LogP contribution in [-0.4, -0.2) is 25.6 Å². The largest absolute Gasteiger partial charge is 0.506 e. The first-order chi connectivity index (χ1) is 13.0. The SMILES string of the molecule is O=C(Nc1ccc(Cl)cc1O)c1cccn2c(-c3ccccc3F)nnc12. The van der Waals surface area contributed by atoms with Crippen LogP contribution in [0.25, 0.3) is 17.0 Å². The van der Waals surface area contributed by atoms with Gasteiger partial charge < -0.3 is 10.4 Å². The molecule has 4 aromatic rings. The molecule has 134 valence electrons. The topological polar surface area (TPSA) is 79.5 Å². The van der Waals surface area contributed by atoms with Crippen LogP contribution in [0.15, 0.2) is 60.8 Å². The average molecular weight is 383 g/mol. The lowest BCUT2D eigenvalue weighted by Gasteiger charge is -2.08. The van der Waals surface area contributed by atoms with E-state index in [1.807, 2.05) is 0 Å². The number of anilines is 1. The number of phenols is 1. The van der Waals surface area contributed by atoms with Gasteiger partial charge in [-0.2, -0.15) is 0 Å². The molecule has 0 aliphatic rings. The molecule has 0 aliphatic carbocycles. The first-order valence-electron chi connectivity index (χ1n) is 7.93. The minimum absolute atomic E-state index is 0.156. The zero-order valence-electron chi connectivity index (χ0n) is 13.7. The molecule has 2 aromatic heterocycles. The van der Waals surface area contributed by atoms with Gasteiger partial charge in [0.25, 0.3) is 5.91 Å². The van der Waals surface area contributed by atoms with E-state index >= 15 is 0 Å². The Bertz CT molecular complexity index is 1180. The Morgan fingerprint density at radius 2 is 1.93 bits per heavy atom. The van der Waals surface area contributed by atoms with Gasteiger partial charge in [0.1, 0.15) is 11.6 Å². The highest BCUT2D eigenvalue weighted by atomic mass is 35.5. The molecule has 0 spiro atoms. The number of amides is 1. The summed E-state index contributed by atoms with van der Waals surface area (Å²) in [5.74, 6) is -0.804. The van der Waals surface area contributed by atoms with Crippen LogP contribution in [0.2, 0.25) is 5.02 Å². The van der Waals surface area contributed by atoms with Gasteiger partial charge in [0.2, 0.25) is 0 Å². The maximum Gasteiger partial charge on any atom is 0.259 e. The quantitative estimate of drug-likeness (QED) is 0.522. The standard InChI is InChI=1S/C19H12ClFN4O2/c20-11-7-8-15(16(26)10-11)22-19(27)13-5-3-9-25-17(23-24-18(13)25)12-4-1-2-6-14(12)21/h1-10,26H,(H,22,27). The normalized spacial score (nSPS) is 10.9. The molecule has 2 N–H and O–H groups in total. The van der Waals surface area contributed by atoms with E-state index in [2.05, 4.69) is 15.5 Å². The fraction of sp³-hybridized carbons (Fsp3) is 0. The molecule has 0 bridgehead atoms. The van der Waals surface area contributed by atoms with E-state index in [1.54, 1.807) is 42.6 Å². The zero-order chi connectivity index (χ0) is 19.0. The highest BCUT2D eigenvalue weighted by molar-refractivity contribution is 6.30. The molecule has 27 heavy (non-hydrogen) atoms. The third kappa shape index (κ3) is 3.09. The lowest BCUT2D eigenvalue weighted by molar-refractivity contribution is 0.102. The number of rotatable bonds is 3. The Balaban J connectivity index is 1.75. The van der Waals surface area contributed by atoms with Crippen molar-refractivity contribution in [2.75, 3.05) is 5.32 Å². The van der Waals surface area contributed by atoms with Crippen LogP contribution in [0.4, 0.5) is 10.1 Å². The van der Waals surface area contributed by atoms with Crippen molar-refractivity contribution >= 4 is 28.8 Å². The van der Waals surface area contributed by atoms with E-state index in [1.165, 1.54) is 22.6 Å². The fourth-order valence-corrected chi connectivity index (χ4v) is 2.89. The van der Waals surface area contributed by atoms with Crippen molar-refractivity contribution in [3.8, 4) is 17.1 Å². The van der Waals surface area contributed by atoms with Crippen LogP contribution in [0.3, 0.4) is 0 Å². The van der Waals surface area contributed by atoms with Crippen LogP contribution in [0.5, 0.6) is 5.75 Å². The summed E-state index contributed by atoms with van der Waals surface area (Å²) in [6.07, 6.45) is 1.65. The van der Waals surface area contributed by atoms with Crippen molar-refractivity contribution in [3.63, 3.8) is 0 Å². The van der Waals surface area contributed by atoms with E-state index in [4.69, 9.17) is 11.6 Å². The molecular formula is C19H12ClFN4O2. The number of nitrogens with one attached hydrogen (secondary N) is 1. The van der Waals surface area contributed by atoms with Crippen molar-refractivity contribution < 1.29 is 14.3 Å². The second-order valence-corrected chi connectivity index (χ2v) is 6.17. The van der Waals surface area contributed by atoms with Gasteiger partial charge in [-0.1, -0.05) is 23.7 Å². The summed E-state index contributed by atoms with van der Waals surface area (Å²) in [7, 11) is 0. The summed E-state index contributed by atoms with van der Waals surface area (Å²) in [5.41, 5.74) is 0.974. The summed E-state index contributed by atoms with van der Waals surface area (Å²) in [6.45, 7) is 0. The molecule has 4 rings (SSSR count). The van der Waals surface area contributed by atoms with Crippen molar-refractivity contribution in [2.45, 2.75) is 0 Å². The number of carbonyl (C=O) groups excluding carboxylic acids is 1. The minimum Gasteiger partial charge on any atom is -0.506 e. The van der Waals surface area contributed by atoms with E-state index < -0.39 is 11.7 Å². The number of fused-ring (bicyclic) bond motifs is 1. The predicted molar refractivity (Wildman–Crippen MR) is 99.5 cm³/mol. The Kier molecular flexibility index (Phi) is 4.21. The van der Waals surface area contributed by atoms with Crippen LogP contribution < -0.4 is 5.32 Å². The Morgan fingerprint density at radius 1 is 1.11 bits per heavy atom. The van der Waals surface area contributed by atoms with Crippen molar-refractivity contribution in [1.29, 1.82) is 0 Å². The number of hydrogen-bond acceptors (Lipinski definition) is 4. The molecule has 2 aromatic carbocycles. The van der Waals surface area contributed by atoms with E-state index in [0.717, 1.165) is 0 Å². The average Bonchev–Trinajstić information content (AvgIpc) is 3.08. The molecule has 0 radical (unpaired) electrons. The van der Waals surface area contributed by atoms with E-state index in [0.29, 0.717) is 5.02 Å². The zero-order valence-corrected chi connectivity index (χ0v) is 14.5. The first-order valence-corrected chi connectivity index (χ1v) is 8.31. The van der Waals surface area contributed by atoms with Gasteiger partial charge in [-0.3, -0.25) is 9.20 Å². The summed E-state index contributed by atoms with van der Waals surface area (Å²) in [6, 6.07) is 13.8. The highest BCUT2D eigenvalue weighted by Crippen LogP contribution is 2.28. The molecular weight excluding hydrogens is 371 g/mol. The Morgan fingerprint density at radius 3 is 2.70 bits per heavy atom. The van der Waals surface area contributed by atoms with Gasteiger partial charge in [0.15, 0.2) is 11.5 Å². The van der Waals surface area contributed by atoms with Crippen molar-refractivity contribution in [1.82, 2.24) is 14.6 Å². The van der Waals surface area contributed by atoms with Gasteiger partial charge in [0.05, 0.1) is 16.8 Å². The molecule has 1 amide bonds. The molecule has 0 fully saturated rings. The number of aromatic hydroxyl groups is 1. The van der Waals surface area contributed by atoms with Crippen LogP contribution in [-0.2, 0) is 0 Å². The monoisotopic (exact) mass is 382 g/mol. The number of benzene rings is 2. The summed E-state index contributed by atoms with van der Waals surface area (Å²) in [5, 5.41) is 20.9. The summed E-state index contributed by atoms with van der Waals surface area (Å²) < 4.78 is 15.6. The minimum atomic E-state index is -0.495. The number of hydrogen-bond donors (Lipinski definition) is 2. The smallest absolute Gasteiger partial charge is 0.259 e. The number of phenolic OH excluding ortho intramolecular Hbond substituents is 1. The first kappa shape index (κ1) is 17.0. The molecule has 8 heteroatoms. The second kappa shape index (κ2) is 6.69. The Labute approximate surface area is 157 Å². The van der Waals surface area contributed by atoms with Crippen LogP contribution in [0.1, 0.15) is 10.4 Å². The van der Waals surface area contributed by atoms with Crippen molar-refractivity contribution in [3.05, 3.63) is 77.2 Å². The molecule has 2 heterocycles. The van der Waals surface area contributed by atoms with Crippen LogP contribution >= 0.6 is 11.6 Å². The van der Waals surface area contributed by atoms with Crippen LogP contribution in [0, 0.1) is 5.82 Å². The Hall–Kier alpha value is -3.45. The molecule has 6 nitrogen and oxygen atoms in total. The number of aromatic nitrogens is 3. The third-order valence-electron chi connectivity index (χ3n) is 4.00. The van der Waals surface area contributed by atoms with E-state index in [-0.39, 0.29) is 34.0 Å². The van der Waals surface area contributed by atoms with Gasteiger partial charge in [0, 0.05) is 17.3 Å². The number of halogens is 2. The number of nitrogens with zero attached hydrogens (tertiary/aromatic N) is 3.